The van der Waals surface area contributed by atoms with Crippen LogP contribution in [0.5, 0.6) is 0 Å². The van der Waals surface area contributed by atoms with E-state index in [1.165, 1.54) is 13.0 Å². The van der Waals surface area contributed by atoms with E-state index in [2.05, 4.69) is 10.3 Å². The second kappa shape index (κ2) is 8.61. The number of benzene rings is 1. The number of nitrogens with one attached hydrogen (secondary N) is 1. The molecule has 2 aliphatic heterocycles. The first-order valence-corrected chi connectivity index (χ1v) is 11.4. The summed E-state index contributed by atoms with van der Waals surface area (Å²) in [6.45, 7) is 2.76. The van der Waals surface area contributed by atoms with Crippen molar-refractivity contribution in [3.8, 4) is 0 Å². The molecule has 3 aliphatic rings. The summed E-state index contributed by atoms with van der Waals surface area (Å²) in [6, 6.07) is 3.91. The van der Waals surface area contributed by atoms with Gasteiger partial charge >= 0.3 is 11.7 Å². The lowest BCUT2D eigenvalue weighted by Crippen LogP contribution is -2.44. The molecule has 0 radical (unpaired) electrons. The fourth-order valence-electron chi connectivity index (χ4n) is 4.86. The van der Waals surface area contributed by atoms with E-state index in [-0.39, 0.29) is 11.5 Å². The maximum atomic E-state index is 14.6. The zero-order valence-corrected chi connectivity index (χ0v) is 18.6. The maximum Gasteiger partial charge on any atom is 0.419 e. The number of aromatic nitrogens is 1. The third-order valence-corrected chi connectivity index (χ3v) is 6.68. The standard InChI is InChI=1S/C25H23F4N3O2/c1-14(17-4-2-5-19(22(17)26)25(27,28)29)30-24(33)18-12-16(15-8-10-34-11-9-15)13-32-21-7-3-6-20(21)31-23(18)32/h2,4-6,12-15H,3,7-11H2,1H3/p+1/t14-/m1/s1. The molecule has 1 aromatic carbocycles. The number of nitrogens with zero attached hydrogens (tertiary/aromatic N) is 2. The smallest absolute Gasteiger partial charge is 0.381 e. The van der Waals surface area contributed by atoms with Crippen LogP contribution in [0.2, 0.25) is 0 Å². The molecular formula is C25H24F4N3O2+. The normalized spacial score (nSPS) is 18.7. The molecule has 9 heteroatoms. The Labute approximate surface area is 193 Å². The van der Waals surface area contributed by atoms with Crippen LogP contribution in [0.1, 0.15) is 71.6 Å². The van der Waals surface area contributed by atoms with Gasteiger partial charge in [0.1, 0.15) is 17.6 Å². The van der Waals surface area contributed by atoms with Crippen molar-refractivity contribution in [1.29, 1.82) is 0 Å². The molecular weight excluding hydrogens is 450 g/mol. The molecule has 1 atom stereocenters. The predicted molar refractivity (Wildman–Crippen MR) is 114 cm³/mol. The van der Waals surface area contributed by atoms with Crippen molar-refractivity contribution in [2.75, 3.05) is 13.2 Å². The number of hydrogen-bond acceptors (Lipinski definition) is 3. The lowest BCUT2D eigenvalue weighted by molar-refractivity contribution is -0.535. The fraction of sp³-hybridized carbons (Fsp3) is 0.400. The van der Waals surface area contributed by atoms with Crippen molar-refractivity contribution in [3.05, 3.63) is 81.5 Å². The number of allylic oxidation sites excluding steroid dienone is 2. The summed E-state index contributed by atoms with van der Waals surface area (Å²) in [7, 11) is 0. The SMILES string of the molecule is C[C@@H](NC(=O)c1cc(C2CCOCC2)c[n+]2c1=NC1=CCCC=21)c1cccc(C(F)(F)F)c1F. The lowest BCUT2D eigenvalue weighted by Gasteiger charge is -2.22. The first-order valence-electron chi connectivity index (χ1n) is 11.4. The van der Waals surface area contributed by atoms with Gasteiger partial charge in [-0.05, 0) is 60.9 Å². The van der Waals surface area contributed by atoms with Gasteiger partial charge in [-0.2, -0.15) is 17.4 Å². The first-order chi connectivity index (χ1) is 16.2. The van der Waals surface area contributed by atoms with E-state index in [0.29, 0.717) is 30.3 Å². The van der Waals surface area contributed by atoms with Crippen LogP contribution in [0.15, 0.2) is 47.2 Å². The molecule has 178 valence electrons. The number of pyridine rings is 1. The van der Waals surface area contributed by atoms with Gasteiger partial charge in [-0.25, -0.2) is 4.39 Å². The van der Waals surface area contributed by atoms with E-state index in [1.807, 2.05) is 16.5 Å². The fourth-order valence-corrected chi connectivity index (χ4v) is 4.86. The highest BCUT2D eigenvalue weighted by molar-refractivity contribution is 5.94. The Kier molecular flexibility index (Phi) is 5.75. The topological polar surface area (TPSA) is 56.6 Å². The van der Waals surface area contributed by atoms with Gasteiger partial charge in [-0.15, -0.1) is 0 Å². The average Bonchev–Trinajstić information content (AvgIpc) is 3.40. The van der Waals surface area contributed by atoms with Crippen molar-refractivity contribution in [2.45, 2.75) is 50.7 Å². The van der Waals surface area contributed by atoms with Crippen LogP contribution in [0.4, 0.5) is 17.6 Å². The number of carbonyl (C=O) groups excluding carboxylic acids is 1. The van der Waals surface area contributed by atoms with Gasteiger partial charge in [-0.1, -0.05) is 12.1 Å². The van der Waals surface area contributed by atoms with E-state index in [9.17, 15) is 22.4 Å². The van der Waals surface area contributed by atoms with Crippen LogP contribution in [-0.4, -0.2) is 19.1 Å². The quantitative estimate of drug-likeness (QED) is 0.533. The Morgan fingerprint density at radius 3 is 2.76 bits per heavy atom. The molecule has 34 heavy (non-hydrogen) atoms. The molecule has 3 heterocycles. The van der Waals surface area contributed by atoms with Crippen molar-refractivity contribution < 1.29 is 31.3 Å². The van der Waals surface area contributed by atoms with Crippen LogP contribution in [0, 0.1) is 11.5 Å². The van der Waals surface area contributed by atoms with E-state index >= 15 is 0 Å². The Balaban J connectivity index is 1.52. The minimum Gasteiger partial charge on any atom is -0.381 e. The van der Waals surface area contributed by atoms with Gasteiger partial charge < -0.3 is 10.1 Å². The zero-order chi connectivity index (χ0) is 24.0. The molecule has 1 aromatic heterocycles. The van der Waals surface area contributed by atoms with E-state index < -0.39 is 29.5 Å². The predicted octanol–water partition coefficient (Wildman–Crippen LogP) is 4.21. The van der Waals surface area contributed by atoms with Crippen LogP contribution in [0.3, 0.4) is 0 Å². The number of hydrogen-bond donors (Lipinski definition) is 1. The minimum absolute atomic E-state index is 0.223. The van der Waals surface area contributed by atoms with E-state index in [1.54, 1.807) is 6.07 Å². The largest absolute Gasteiger partial charge is 0.419 e. The second-order valence-electron chi connectivity index (χ2n) is 8.86. The van der Waals surface area contributed by atoms with Gasteiger partial charge in [0, 0.05) is 25.2 Å². The van der Waals surface area contributed by atoms with Gasteiger partial charge in [0.15, 0.2) is 5.71 Å². The molecule has 1 fully saturated rings. The monoisotopic (exact) mass is 474 g/mol. The molecule has 0 bridgehead atoms. The molecule has 1 aliphatic carbocycles. The van der Waals surface area contributed by atoms with Crippen LogP contribution >= 0.6 is 0 Å². The number of ether oxygens (including phenoxy) is 1. The summed E-state index contributed by atoms with van der Waals surface area (Å²) in [4.78, 5) is 18.0. The number of carbonyl (C=O) groups is 1. The molecule has 0 unspecified atom stereocenters. The summed E-state index contributed by atoms with van der Waals surface area (Å²) in [5.74, 6) is -1.66. The summed E-state index contributed by atoms with van der Waals surface area (Å²) in [5.41, 5.74) is 2.11. The van der Waals surface area contributed by atoms with E-state index in [0.717, 1.165) is 48.7 Å². The summed E-state index contributed by atoms with van der Waals surface area (Å²) < 4.78 is 61.5. The third-order valence-electron chi connectivity index (χ3n) is 6.68. The Hall–Kier alpha value is -3.07. The lowest BCUT2D eigenvalue weighted by atomic mass is 9.92. The first kappa shape index (κ1) is 22.7. The molecule has 5 rings (SSSR count). The summed E-state index contributed by atoms with van der Waals surface area (Å²) in [5, 5.41) is 2.68. The number of amides is 1. The third kappa shape index (κ3) is 4.02. The average molecular weight is 474 g/mol. The minimum atomic E-state index is -4.82. The maximum absolute atomic E-state index is 14.6. The molecule has 2 aromatic rings. The zero-order valence-electron chi connectivity index (χ0n) is 18.6. The Morgan fingerprint density at radius 1 is 1.26 bits per heavy atom. The molecule has 0 saturated carbocycles. The van der Waals surface area contributed by atoms with Crippen molar-refractivity contribution in [3.63, 3.8) is 0 Å². The van der Waals surface area contributed by atoms with Gasteiger partial charge in [0.2, 0.25) is 5.70 Å². The highest BCUT2D eigenvalue weighted by Gasteiger charge is 2.36. The molecule has 0 spiro atoms. The van der Waals surface area contributed by atoms with Gasteiger partial charge in [0.25, 0.3) is 5.91 Å². The summed E-state index contributed by atoms with van der Waals surface area (Å²) >= 11 is 0. The van der Waals surface area contributed by atoms with Crippen LogP contribution in [0.25, 0.3) is 0 Å². The highest BCUT2D eigenvalue weighted by atomic mass is 19.4. The van der Waals surface area contributed by atoms with Crippen LogP contribution < -0.4 is 15.0 Å². The van der Waals surface area contributed by atoms with Gasteiger partial charge in [0.05, 0.1) is 11.6 Å². The molecule has 1 N–H and O–H groups in total. The van der Waals surface area contributed by atoms with Crippen molar-refractivity contribution in [1.82, 2.24) is 5.32 Å². The van der Waals surface area contributed by atoms with Crippen molar-refractivity contribution >= 4 is 5.91 Å². The molecule has 5 nitrogen and oxygen atoms in total. The Morgan fingerprint density at radius 2 is 2.03 bits per heavy atom. The highest BCUT2D eigenvalue weighted by Crippen LogP contribution is 2.34. The number of alkyl halides is 3. The van der Waals surface area contributed by atoms with Crippen LogP contribution in [-0.2, 0) is 10.9 Å². The van der Waals surface area contributed by atoms with Crippen molar-refractivity contribution in [2.24, 2.45) is 4.99 Å². The molecule has 1 saturated heterocycles. The number of halogens is 4. The second-order valence-corrected chi connectivity index (χ2v) is 8.86. The Bertz CT molecular complexity index is 1310. The summed E-state index contributed by atoms with van der Waals surface area (Å²) in [6.07, 6.45) is 2.61. The van der Waals surface area contributed by atoms with E-state index in [4.69, 9.17) is 4.74 Å². The number of rotatable bonds is 4. The number of fused-ring (bicyclic) bond motifs is 2. The van der Waals surface area contributed by atoms with Gasteiger partial charge in [-0.3, -0.25) is 4.79 Å². The molecule has 1 amide bonds.